The summed E-state index contributed by atoms with van der Waals surface area (Å²) in [6.45, 7) is 5.92. The maximum absolute atomic E-state index is 6.03. The minimum absolute atomic E-state index is 0.0107. The first-order valence-corrected chi connectivity index (χ1v) is 8.44. The summed E-state index contributed by atoms with van der Waals surface area (Å²) in [5, 5.41) is 13.4. The molecule has 26 heavy (non-hydrogen) atoms. The van der Waals surface area contributed by atoms with E-state index in [9.17, 15) is 0 Å². The summed E-state index contributed by atoms with van der Waals surface area (Å²) in [6, 6.07) is 11.2. The predicted octanol–water partition coefficient (Wildman–Crippen LogP) is 3.49. The number of anilines is 4. The average molecular weight is 353 g/mol. The summed E-state index contributed by atoms with van der Waals surface area (Å²) < 4.78 is 5.56. The quantitative estimate of drug-likeness (QED) is 0.514. The third-order valence-corrected chi connectivity index (χ3v) is 3.59. The average Bonchev–Trinajstić information content (AvgIpc) is 3.05. The summed E-state index contributed by atoms with van der Waals surface area (Å²) in [7, 11) is 0. The van der Waals surface area contributed by atoms with Gasteiger partial charge in [-0.25, -0.2) is 10.1 Å². The van der Waals surface area contributed by atoms with Crippen molar-refractivity contribution in [1.29, 1.82) is 0 Å². The van der Waals surface area contributed by atoms with Crippen molar-refractivity contribution in [1.82, 2.24) is 20.2 Å². The molecule has 0 amide bonds. The van der Waals surface area contributed by atoms with Crippen LogP contribution in [0.5, 0.6) is 5.88 Å². The normalized spacial score (nSPS) is 12.0. The Labute approximate surface area is 152 Å². The van der Waals surface area contributed by atoms with Gasteiger partial charge in [0.25, 0.3) is 0 Å². The van der Waals surface area contributed by atoms with Crippen LogP contribution < -0.4 is 21.1 Å². The smallest absolute Gasteiger partial charge is 0.211 e. The van der Waals surface area contributed by atoms with Crippen LogP contribution in [-0.2, 0) is 0 Å². The van der Waals surface area contributed by atoms with Gasteiger partial charge in [0.1, 0.15) is 5.82 Å². The molecule has 5 N–H and O–H groups in total. The molecule has 1 atom stereocenters. The summed E-state index contributed by atoms with van der Waals surface area (Å²) in [6.07, 6.45) is 1.83. The highest BCUT2D eigenvalue weighted by Gasteiger charge is 2.11. The monoisotopic (exact) mass is 353 g/mol. The largest absolute Gasteiger partial charge is 0.475 e. The van der Waals surface area contributed by atoms with E-state index in [4.69, 9.17) is 10.5 Å². The van der Waals surface area contributed by atoms with Crippen LogP contribution in [0.2, 0.25) is 0 Å². The number of rotatable bonds is 7. The Morgan fingerprint density at radius 3 is 2.69 bits per heavy atom. The van der Waals surface area contributed by atoms with Gasteiger partial charge in [-0.2, -0.15) is 5.10 Å². The highest BCUT2D eigenvalue weighted by Crippen LogP contribution is 2.25. The number of hydrogen-bond acceptors (Lipinski definition) is 7. The highest BCUT2D eigenvalue weighted by molar-refractivity contribution is 5.69. The maximum Gasteiger partial charge on any atom is 0.211 e. The number of aromatic nitrogens is 4. The number of nitrogens with one attached hydrogen (secondary N) is 3. The maximum atomic E-state index is 6.03. The molecular formula is C18H23N7O. The third-order valence-electron chi connectivity index (χ3n) is 3.59. The number of hydrogen-bond donors (Lipinski definition) is 4. The van der Waals surface area contributed by atoms with Crippen LogP contribution in [0.15, 0.2) is 42.6 Å². The molecule has 0 bridgehead atoms. The van der Waals surface area contributed by atoms with Crippen molar-refractivity contribution in [3.63, 3.8) is 0 Å². The lowest BCUT2D eigenvalue weighted by molar-refractivity contribution is 0.232. The Morgan fingerprint density at radius 1 is 1.12 bits per heavy atom. The second-order valence-corrected chi connectivity index (χ2v) is 6.16. The van der Waals surface area contributed by atoms with Crippen molar-refractivity contribution >= 4 is 23.1 Å². The molecule has 0 aliphatic heterocycles. The Morgan fingerprint density at radius 2 is 1.96 bits per heavy atom. The van der Waals surface area contributed by atoms with E-state index >= 15 is 0 Å². The van der Waals surface area contributed by atoms with E-state index < -0.39 is 0 Å². The van der Waals surface area contributed by atoms with Crippen molar-refractivity contribution in [2.24, 2.45) is 0 Å². The number of nitrogens with two attached hydrogens (primary N) is 1. The third kappa shape index (κ3) is 4.41. The highest BCUT2D eigenvalue weighted by atomic mass is 16.5. The molecule has 0 unspecified atom stereocenters. The van der Waals surface area contributed by atoms with Crippen LogP contribution in [0, 0.1) is 0 Å². The molecule has 0 saturated carbocycles. The van der Waals surface area contributed by atoms with E-state index in [1.807, 2.05) is 45.0 Å². The number of aromatic amines is 1. The van der Waals surface area contributed by atoms with Crippen LogP contribution in [0.25, 0.3) is 0 Å². The van der Waals surface area contributed by atoms with Gasteiger partial charge in [-0.1, -0.05) is 6.07 Å². The molecule has 8 nitrogen and oxygen atoms in total. The summed E-state index contributed by atoms with van der Waals surface area (Å²) in [4.78, 5) is 8.88. The molecule has 0 aromatic carbocycles. The van der Waals surface area contributed by atoms with Crippen LogP contribution in [0.1, 0.15) is 32.5 Å². The van der Waals surface area contributed by atoms with Crippen LogP contribution >= 0.6 is 0 Å². The lowest BCUT2D eigenvalue weighted by Crippen LogP contribution is -2.10. The molecule has 8 heteroatoms. The van der Waals surface area contributed by atoms with Crippen molar-refractivity contribution in [2.45, 2.75) is 32.9 Å². The molecule has 3 aromatic rings. The first-order valence-electron chi connectivity index (χ1n) is 8.44. The number of nitrogen functional groups attached to an aromatic ring is 1. The second kappa shape index (κ2) is 7.73. The van der Waals surface area contributed by atoms with Gasteiger partial charge in [-0.05, 0) is 45.0 Å². The zero-order valence-electron chi connectivity index (χ0n) is 15.0. The Kier molecular flexibility index (Phi) is 5.21. The summed E-state index contributed by atoms with van der Waals surface area (Å²) >= 11 is 0. The van der Waals surface area contributed by atoms with Gasteiger partial charge in [0.05, 0.1) is 23.5 Å². The van der Waals surface area contributed by atoms with Gasteiger partial charge >= 0.3 is 0 Å². The first kappa shape index (κ1) is 17.5. The predicted molar refractivity (Wildman–Crippen MR) is 103 cm³/mol. The van der Waals surface area contributed by atoms with E-state index in [2.05, 4.69) is 30.8 Å². The lowest BCUT2D eigenvalue weighted by Gasteiger charge is -2.15. The van der Waals surface area contributed by atoms with Gasteiger partial charge in [0.2, 0.25) is 5.88 Å². The molecular weight excluding hydrogens is 330 g/mol. The van der Waals surface area contributed by atoms with E-state index in [0.717, 1.165) is 5.69 Å². The van der Waals surface area contributed by atoms with Gasteiger partial charge in [0.15, 0.2) is 11.6 Å². The second-order valence-electron chi connectivity index (χ2n) is 6.16. The van der Waals surface area contributed by atoms with Crippen LogP contribution in [0.3, 0.4) is 0 Å². The zero-order valence-corrected chi connectivity index (χ0v) is 15.0. The molecule has 0 spiro atoms. The van der Waals surface area contributed by atoms with E-state index in [1.54, 1.807) is 18.3 Å². The molecule has 0 saturated heterocycles. The fourth-order valence-corrected chi connectivity index (χ4v) is 2.38. The zero-order chi connectivity index (χ0) is 18.5. The number of pyridine rings is 2. The minimum atomic E-state index is 0.0107. The van der Waals surface area contributed by atoms with Crippen molar-refractivity contribution < 1.29 is 4.74 Å². The minimum Gasteiger partial charge on any atom is -0.475 e. The van der Waals surface area contributed by atoms with Gasteiger partial charge in [-0.15, -0.1) is 0 Å². The topological polar surface area (TPSA) is 114 Å². The fourth-order valence-electron chi connectivity index (χ4n) is 2.38. The van der Waals surface area contributed by atoms with Gasteiger partial charge in [-0.3, -0.25) is 4.98 Å². The SMILES string of the molecule is CC(C)Oc1cc(Nc2nc(N[C@@H](C)c3ccccn3)ccc2N)n[nH]1. The lowest BCUT2D eigenvalue weighted by atomic mass is 10.2. The first-order chi connectivity index (χ1) is 12.5. The standard InChI is InChI=1S/C18H23N7O/c1-11(2)26-17-10-16(24-25-17)23-18-13(19)7-8-15(22-18)21-12(3)14-6-4-5-9-20-14/h4-12H,19H2,1-3H3,(H3,21,22,23,24,25)/t12-/m0/s1. The van der Waals surface area contributed by atoms with Crippen molar-refractivity contribution in [3.05, 3.63) is 48.3 Å². The Hall–Kier alpha value is -3.29. The number of nitrogens with zero attached hydrogens (tertiary/aromatic N) is 3. The van der Waals surface area contributed by atoms with Crippen LogP contribution in [0.4, 0.5) is 23.1 Å². The number of H-pyrrole nitrogens is 1. The molecule has 3 heterocycles. The summed E-state index contributed by atoms with van der Waals surface area (Å²) in [5.41, 5.74) is 7.49. The van der Waals surface area contributed by atoms with Crippen molar-refractivity contribution in [2.75, 3.05) is 16.4 Å². The molecule has 0 radical (unpaired) electrons. The van der Waals surface area contributed by atoms with E-state index in [1.165, 1.54) is 0 Å². The van der Waals surface area contributed by atoms with E-state index in [-0.39, 0.29) is 12.1 Å². The molecule has 136 valence electrons. The molecule has 0 aliphatic carbocycles. The van der Waals surface area contributed by atoms with Gasteiger partial charge in [0, 0.05) is 12.3 Å². The number of ether oxygens (including phenoxy) is 1. The molecule has 3 rings (SSSR count). The van der Waals surface area contributed by atoms with Gasteiger partial charge < -0.3 is 21.1 Å². The van der Waals surface area contributed by atoms with Crippen LogP contribution in [-0.4, -0.2) is 26.3 Å². The summed E-state index contributed by atoms with van der Waals surface area (Å²) in [5.74, 6) is 2.37. The fraction of sp³-hybridized carbons (Fsp3) is 0.278. The Balaban J connectivity index is 1.72. The van der Waals surface area contributed by atoms with E-state index in [0.29, 0.717) is 29.0 Å². The Bertz CT molecular complexity index is 848. The molecule has 0 aliphatic rings. The molecule has 0 fully saturated rings. The van der Waals surface area contributed by atoms with Crippen molar-refractivity contribution in [3.8, 4) is 5.88 Å². The molecule has 3 aromatic heterocycles.